The summed E-state index contributed by atoms with van der Waals surface area (Å²) in [7, 11) is 0. The number of carbonyl (C=O) groups excluding carboxylic acids is 1. The van der Waals surface area contributed by atoms with Crippen molar-refractivity contribution in [2.45, 2.75) is 51.1 Å². The monoisotopic (exact) mass is 411 g/mol. The summed E-state index contributed by atoms with van der Waals surface area (Å²) in [6.45, 7) is 6.27. The van der Waals surface area contributed by atoms with E-state index in [-0.39, 0.29) is 23.9 Å². The van der Waals surface area contributed by atoms with Crippen LogP contribution in [0.4, 0.5) is 5.69 Å². The fraction of sp³-hybridized carbons (Fsp3) is 0.542. The second-order valence-electron chi connectivity index (χ2n) is 8.45. The first-order valence-electron chi connectivity index (χ1n) is 11.1. The fourth-order valence-corrected chi connectivity index (χ4v) is 5.85. The molecule has 4 nitrogen and oxygen atoms in total. The van der Waals surface area contributed by atoms with Crippen LogP contribution in [0.15, 0.2) is 47.8 Å². The van der Waals surface area contributed by atoms with Crippen molar-refractivity contribution in [1.82, 2.24) is 10.2 Å². The van der Waals surface area contributed by atoms with Gasteiger partial charge in [0.25, 0.3) is 0 Å². The van der Waals surface area contributed by atoms with Crippen molar-refractivity contribution in [3.8, 4) is 0 Å². The van der Waals surface area contributed by atoms with Gasteiger partial charge < -0.3 is 10.2 Å². The molecule has 2 heterocycles. The Bertz CT molecular complexity index is 750. The molecule has 1 N–H and O–H groups in total. The Morgan fingerprint density at radius 3 is 2.38 bits per heavy atom. The molecule has 1 aromatic carbocycles. The van der Waals surface area contributed by atoms with Crippen molar-refractivity contribution >= 4 is 22.9 Å². The Morgan fingerprint density at radius 1 is 1.00 bits per heavy atom. The van der Waals surface area contributed by atoms with Gasteiger partial charge in [0.1, 0.15) is 0 Å². The molecule has 0 bridgehead atoms. The van der Waals surface area contributed by atoms with E-state index in [2.05, 4.69) is 69.9 Å². The molecule has 1 aliphatic carbocycles. The minimum atomic E-state index is 0.117. The van der Waals surface area contributed by atoms with Crippen LogP contribution < -0.4 is 10.2 Å². The molecule has 1 amide bonds. The molecule has 2 fully saturated rings. The van der Waals surface area contributed by atoms with Crippen LogP contribution in [-0.4, -0.2) is 43.0 Å². The van der Waals surface area contributed by atoms with Gasteiger partial charge in [0.05, 0.1) is 6.04 Å². The summed E-state index contributed by atoms with van der Waals surface area (Å²) in [6.07, 6.45) is 5.78. The molecule has 1 saturated heterocycles. The Morgan fingerprint density at radius 2 is 1.72 bits per heavy atom. The van der Waals surface area contributed by atoms with Crippen LogP contribution >= 0.6 is 11.3 Å². The van der Waals surface area contributed by atoms with Crippen molar-refractivity contribution in [1.29, 1.82) is 0 Å². The number of para-hydroxylation sites is 1. The van der Waals surface area contributed by atoms with Crippen LogP contribution in [0.25, 0.3) is 0 Å². The highest BCUT2D eigenvalue weighted by Crippen LogP contribution is 2.31. The highest BCUT2D eigenvalue weighted by atomic mass is 32.1. The van der Waals surface area contributed by atoms with Crippen molar-refractivity contribution in [2.75, 3.05) is 31.1 Å². The van der Waals surface area contributed by atoms with E-state index in [1.807, 2.05) is 0 Å². The van der Waals surface area contributed by atoms with Gasteiger partial charge in [-0.2, -0.15) is 0 Å². The highest BCUT2D eigenvalue weighted by molar-refractivity contribution is 7.10. The summed E-state index contributed by atoms with van der Waals surface area (Å²) in [5, 5.41) is 5.54. The molecular formula is C24H33N3OS. The van der Waals surface area contributed by atoms with E-state index < -0.39 is 0 Å². The Hall–Kier alpha value is -1.85. The molecule has 156 valence electrons. The normalized spacial score (nSPS) is 20.9. The number of hydrogen-bond donors (Lipinski definition) is 1. The molecule has 2 atom stereocenters. The van der Waals surface area contributed by atoms with Crippen molar-refractivity contribution in [2.24, 2.45) is 5.92 Å². The quantitative estimate of drug-likeness (QED) is 0.749. The molecule has 0 spiro atoms. The van der Waals surface area contributed by atoms with E-state index in [4.69, 9.17) is 0 Å². The maximum absolute atomic E-state index is 12.9. The smallest absolute Gasteiger partial charge is 0.223 e. The predicted molar refractivity (Wildman–Crippen MR) is 121 cm³/mol. The number of amides is 1. The molecule has 2 aliphatic rings. The topological polar surface area (TPSA) is 35.6 Å². The minimum absolute atomic E-state index is 0.117. The van der Waals surface area contributed by atoms with Gasteiger partial charge in [0.15, 0.2) is 0 Å². The molecule has 1 saturated carbocycles. The molecular weight excluding hydrogens is 378 g/mol. The molecule has 4 rings (SSSR count). The SMILES string of the molecule is C[C@H](NC(=O)C1CCCCC1)[C@@H](c1cccs1)N1CCN(c2ccccc2)CC1. The fourth-order valence-electron chi connectivity index (χ4n) is 4.89. The third kappa shape index (κ3) is 5.01. The molecule has 2 aromatic rings. The van der Waals surface area contributed by atoms with Gasteiger partial charge in [-0.05, 0) is 43.3 Å². The zero-order chi connectivity index (χ0) is 20.1. The number of rotatable bonds is 6. The van der Waals surface area contributed by atoms with Gasteiger partial charge >= 0.3 is 0 Å². The van der Waals surface area contributed by atoms with Crippen LogP contribution in [0.1, 0.15) is 49.9 Å². The first kappa shape index (κ1) is 20.4. The predicted octanol–water partition coefficient (Wildman–Crippen LogP) is 4.70. The van der Waals surface area contributed by atoms with Crippen molar-refractivity contribution in [3.05, 3.63) is 52.7 Å². The Labute approximate surface area is 178 Å². The van der Waals surface area contributed by atoms with Crippen LogP contribution in [0, 0.1) is 5.92 Å². The van der Waals surface area contributed by atoms with E-state index in [9.17, 15) is 4.79 Å². The molecule has 0 unspecified atom stereocenters. The number of benzene rings is 1. The van der Waals surface area contributed by atoms with E-state index >= 15 is 0 Å². The zero-order valence-corrected chi connectivity index (χ0v) is 18.2. The average molecular weight is 412 g/mol. The maximum atomic E-state index is 12.9. The lowest BCUT2D eigenvalue weighted by atomic mass is 9.88. The summed E-state index contributed by atoms with van der Waals surface area (Å²) >= 11 is 1.81. The lowest BCUT2D eigenvalue weighted by molar-refractivity contribution is -0.127. The van der Waals surface area contributed by atoms with Gasteiger partial charge in [-0.3, -0.25) is 9.69 Å². The largest absolute Gasteiger partial charge is 0.369 e. The summed E-state index contributed by atoms with van der Waals surface area (Å²) < 4.78 is 0. The first-order chi connectivity index (χ1) is 14.2. The Balaban J connectivity index is 1.42. The van der Waals surface area contributed by atoms with E-state index in [0.29, 0.717) is 0 Å². The van der Waals surface area contributed by atoms with Gasteiger partial charge in [-0.15, -0.1) is 11.3 Å². The van der Waals surface area contributed by atoms with E-state index in [1.165, 1.54) is 29.8 Å². The number of piperazine rings is 1. The molecule has 1 aromatic heterocycles. The number of anilines is 1. The van der Waals surface area contributed by atoms with E-state index in [1.54, 1.807) is 11.3 Å². The number of hydrogen-bond acceptors (Lipinski definition) is 4. The van der Waals surface area contributed by atoms with Gasteiger partial charge in [0, 0.05) is 48.7 Å². The first-order valence-corrected chi connectivity index (χ1v) is 12.0. The molecule has 0 radical (unpaired) electrons. The second kappa shape index (κ2) is 9.77. The van der Waals surface area contributed by atoms with Crippen LogP contribution in [0.3, 0.4) is 0 Å². The number of thiophene rings is 1. The van der Waals surface area contributed by atoms with E-state index in [0.717, 1.165) is 39.0 Å². The average Bonchev–Trinajstić information content (AvgIpc) is 3.30. The van der Waals surface area contributed by atoms with Crippen LogP contribution in [0.2, 0.25) is 0 Å². The summed E-state index contributed by atoms with van der Waals surface area (Å²) in [6, 6.07) is 15.4. The van der Waals surface area contributed by atoms with Gasteiger partial charge in [0.2, 0.25) is 5.91 Å². The second-order valence-corrected chi connectivity index (χ2v) is 9.43. The third-order valence-corrected chi connectivity index (χ3v) is 7.43. The van der Waals surface area contributed by atoms with Gasteiger partial charge in [-0.25, -0.2) is 0 Å². The molecule has 29 heavy (non-hydrogen) atoms. The summed E-state index contributed by atoms with van der Waals surface area (Å²) in [5.74, 6) is 0.479. The summed E-state index contributed by atoms with van der Waals surface area (Å²) in [5.41, 5.74) is 1.30. The molecule has 1 aliphatic heterocycles. The summed E-state index contributed by atoms with van der Waals surface area (Å²) in [4.78, 5) is 19.3. The van der Waals surface area contributed by atoms with Gasteiger partial charge in [-0.1, -0.05) is 43.5 Å². The maximum Gasteiger partial charge on any atom is 0.223 e. The van der Waals surface area contributed by atoms with Crippen LogP contribution in [0.5, 0.6) is 0 Å². The molecule has 5 heteroatoms. The minimum Gasteiger partial charge on any atom is -0.369 e. The van der Waals surface area contributed by atoms with Crippen LogP contribution in [-0.2, 0) is 4.79 Å². The van der Waals surface area contributed by atoms with Crippen molar-refractivity contribution in [3.63, 3.8) is 0 Å². The number of nitrogens with one attached hydrogen (secondary N) is 1. The lowest BCUT2D eigenvalue weighted by Gasteiger charge is -2.42. The lowest BCUT2D eigenvalue weighted by Crippen LogP contribution is -2.53. The standard InChI is InChI=1S/C24H33N3OS/c1-19(25-24(28)20-9-4-2-5-10-20)23(22-13-8-18-29-22)27-16-14-26(15-17-27)21-11-6-3-7-12-21/h3,6-8,11-13,18-20,23H,2,4-5,9-10,14-17H2,1H3,(H,25,28)/t19-,23-/m0/s1. The zero-order valence-electron chi connectivity index (χ0n) is 17.4. The number of carbonyl (C=O) groups is 1. The third-order valence-electron chi connectivity index (χ3n) is 6.48. The highest BCUT2D eigenvalue weighted by Gasteiger charge is 2.32. The van der Waals surface area contributed by atoms with Crippen molar-refractivity contribution < 1.29 is 4.79 Å². The Kier molecular flexibility index (Phi) is 6.88. The number of nitrogens with zero attached hydrogens (tertiary/aromatic N) is 2.